The molecule has 2 saturated heterocycles. The molecule has 2 heterocycles. The van der Waals surface area contributed by atoms with Gasteiger partial charge >= 0.3 is 6.03 Å². The molecule has 3 aliphatic rings. The standard InChI is InChI=1S/C16H25N3O3S/c1-3-16(2)14(21)19(15(22)17-16)10-13(20)18-8-9-23-12-7-5-4-6-11(12)18/h11-12H,3-10H2,1-2H3,(H,17,22). The summed E-state index contributed by atoms with van der Waals surface area (Å²) in [6, 6.07) is -0.174. The molecule has 3 rings (SSSR count). The fourth-order valence-electron chi connectivity index (χ4n) is 3.76. The Balaban J connectivity index is 1.69. The molecule has 0 aromatic rings. The number of carbonyl (C=O) groups is 3. The summed E-state index contributed by atoms with van der Waals surface area (Å²) < 4.78 is 0. The third-order valence-corrected chi connectivity index (χ3v) is 6.79. The largest absolute Gasteiger partial charge is 0.336 e. The number of imide groups is 1. The summed E-state index contributed by atoms with van der Waals surface area (Å²) in [6.45, 7) is 4.16. The van der Waals surface area contributed by atoms with Gasteiger partial charge < -0.3 is 10.2 Å². The van der Waals surface area contributed by atoms with Crippen molar-refractivity contribution in [1.29, 1.82) is 0 Å². The van der Waals surface area contributed by atoms with Gasteiger partial charge in [-0.25, -0.2) is 4.79 Å². The SMILES string of the molecule is CCC1(C)NC(=O)N(CC(=O)N2CCSC3CCCCC32)C1=O. The monoisotopic (exact) mass is 339 g/mol. The summed E-state index contributed by atoms with van der Waals surface area (Å²) in [5.74, 6) is 0.565. The van der Waals surface area contributed by atoms with Crippen LogP contribution in [0.15, 0.2) is 0 Å². The van der Waals surface area contributed by atoms with Gasteiger partial charge in [-0.15, -0.1) is 0 Å². The smallest absolute Gasteiger partial charge is 0.325 e. The molecule has 0 spiro atoms. The van der Waals surface area contributed by atoms with Gasteiger partial charge in [0.25, 0.3) is 5.91 Å². The summed E-state index contributed by atoms with van der Waals surface area (Å²) in [5.41, 5.74) is -0.873. The van der Waals surface area contributed by atoms with Crippen LogP contribution < -0.4 is 5.32 Å². The maximum absolute atomic E-state index is 12.7. The highest BCUT2D eigenvalue weighted by atomic mass is 32.2. The van der Waals surface area contributed by atoms with E-state index in [9.17, 15) is 14.4 Å². The van der Waals surface area contributed by atoms with Gasteiger partial charge in [0.1, 0.15) is 12.1 Å². The molecule has 6 nitrogen and oxygen atoms in total. The van der Waals surface area contributed by atoms with E-state index in [-0.39, 0.29) is 24.4 Å². The Kier molecular flexibility index (Phi) is 4.58. The average Bonchev–Trinajstić information content (AvgIpc) is 2.78. The molecular weight excluding hydrogens is 314 g/mol. The van der Waals surface area contributed by atoms with E-state index in [0.29, 0.717) is 11.7 Å². The van der Waals surface area contributed by atoms with E-state index in [0.717, 1.165) is 36.5 Å². The lowest BCUT2D eigenvalue weighted by Gasteiger charge is -2.43. The van der Waals surface area contributed by atoms with Gasteiger partial charge in [0.15, 0.2) is 0 Å². The first-order valence-electron chi connectivity index (χ1n) is 8.51. The topological polar surface area (TPSA) is 69.7 Å². The number of nitrogens with zero attached hydrogens (tertiary/aromatic N) is 2. The van der Waals surface area contributed by atoms with Crippen LogP contribution in [0.2, 0.25) is 0 Å². The zero-order valence-corrected chi connectivity index (χ0v) is 14.7. The molecule has 0 bridgehead atoms. The van der Waals surface area contributed by atoms with Crippen LogP contribution in [0.25, 0.3) is 0 Å². The van der Waals surface area contributed by atoms with Crippen LogP contribution in [0, 0.1) is 0 Å². The van der Waals surface area contributed by atoms with Crippen molar-refractivity contribution in [3.8, 4) is 0 Å². The first-order chi connectivity index (χ1) is 11.0. The van der Waals surface area contributed by atoms with Gasteiger partial charge in [0.2, 0.25) is 5.91 Å². The highest BCUT2D eigenvalue weighted by Gasteiger charge is 2.48. The zero-order valence-electron chi connectivity index (χ0n) is 13.8. The van der Waals surface area contributed by atoms with Crippen molar-refractivity contribution in [1.82, 2.24) is 15.1 Å². The van der Waals surface area contributed by atoms with E-state index in [4.69, 9.17) is 0 Å². The van der Waals surface area contributed by atoms with Crippen molar-refractivity contribution in [3.63, 3.8) is 0 Å². The normalized spacial score (nSPS) is 34.3. The van der Waals surface area contributed by atoms with Crippen molar-refractivity contribution in [2.75, 3.05) is 18.8 Å². The van der Waals surface area contributed by atoms with Gasteiger partial charge in [0.05, 0.1) is 0 Å². The molecule has 3 fully saturated rings. The highest BCUT2D eigenvalue weighted by molar-refractivity contribution is 8.00. The third-order valence-electron chi connectivity index (χ3n) is 5.40. The molecule has 7 heteroatoms. The van der Waals surface area contributed by atoms with Crippen molar-refractivity contribution in [3.05, 3.63) is 0 Å². The second-order valence-electron chi connectivity index (χ2n) is 6.86. The lowest BCUT2D eigenvalue weighted by Crippen LogP contribution is -2.54. The maximum atomic E-state index is 12.7. The number of fused-ring (bicyclic) bond motifs is 1. The predicted octanol–water partition coefficient (Wildman–Crippen LogP) is 1.59. The van der Waals surface area contributed by atoms with Gasteiger partial charge in [0, 0.05) is 23.6 Å². The van der Waals surface area contributed by atoms with E-state index in [1.165, 1.54) is 6.42 Å². The molecule has 1 N–H and O–H groups in total. The number of hydrogen-bond donors (Lipinski definition) is 1. The fourth-order valence-corrected chi connectivity index (χ4v) is 5.21. The first kappa shape index (κ1) is 16.6. The summed E-state index contributed by atoms with van der Waals surface area (Å²) in [6.07, 6.45) is 5.11. The zero-order chi connectivity index (χ0) is 16.6. The summed E-state index contributed by atoms with van der Waals surface area (Å²) in [7, 11) is 0. The number of rotatable bonds is 3. The molecule has 128 valence electrons. The lowest BCUT2D eigenvalue weighted by atomic mass is 9.93. The number of urea groups is 1. The van der Waals surface area contributed by atoms with Crippen LogP contribution in [0.4, 0.5) is 4.79 Å². The van der Waals surface area contributed by atoms with Crippen LogP contribution in [-0.2, 0) is 9.59 Å². The van der Waals surface area contributed by atoms with Crippen LogP contribution in [0.1, 0.15) is 46.0 Å². The van der Waals surface area contributed by atoms with Crippen molar-refractivity contribution >= 4 is 29.6 Å². The van der Waals surface area contributed by atoms with E-state index in [1.807, 2.05) is 23.6 Å². The molecule has 3 unspecified atom stereocenters. The molecule has 2 aliphatic heterocycles. The average molecular weight is 339 g/mol. The minimum absolute atomic E-state index is 0.0916. The Labute approximate surface area is 141 Å². The first-order valence-corrected chi connectivity index (χ1v) is 9.56. The Bertz CT molecular complexity index is 525. The fraction of sp³-hybridized carbons (Fsp3) is 0.812. The van der Waals surface area contributed by atoms with Gasteiger partial charge in [-0.05, 0) is 26.2 Å². The second kappa shape index (κ2) is 6.34. The number of thioether (sulfide) groups is 1. The number of amides is 4. The molecule has 3 atom stereocenters. The highest BCUT2D eigenvalue weighted by Crippen LogP contribution is 2.35. The van der Waals surface area contributed by atoms with Crippen molar-refractivity contribution in [2.24, 2.45) is 0 Å². The second-order valence-corrected chi connectivity index (χ2v) is 8.20. The molecule has 0 aromatic carbocycles. The van der Waals surface area contributed by atoms with Crippen LogP contribution in [0.3, 0.4) is 0 Å². The minimum atomic E-state index is -0.873. The molecule has 4 amide bonds. The third kappa shape index (κ3) is 2.95. The molecular formula is C16H25N3O3S. The summed E-state index contributed by atoms with van der Waals surface area (Å²) in [4.78, 5) is 40.3. The summed E-state index contributed by atoms with van der Waals surface area (Å²) in [5, 5.41) is 3.23. The molecule has 0 radical (unpaired) electrons. The summed E-state index contributed by atoms with van der Waals surface area (Å²) >= 11 is 1.96. The van der Waals surface area contributed by atoms with E-state index in [2.05, 4.69) is 5.32 Å². The maximum Gasteiger partial charge on any atom is 0.325 e. The Morgan fingerprint density at radius 2 is 2.09 bits per heavy atom. The van der Waals surface area contributed by atoms with E-state index < -0.39 is 11.6 Å². The minimum Gasteiger partial charge on any atom is -0.336 e. The Morgan fingerprint density at radius 1 is 1.35 bits per heavy atom. The van der Waals surface area contributed by atoms with Gasteiger partial charge in [-0.2, -0.15) is 11.8 Å². The van der Waals surface area contributed by atoms with Gasteiger partial charge in [-0.3, -0.25) is 14.5 Å². The van der Waals surface area contributed by atoms with Crippen LogP contribution in [0.5, 0.6) is 0 Å². The number of nitrogens with one attached hydrogen (secondary N) is 1. The van der Waals surface area contributed by atoms with E-state index >= 15 is 0 Å². The quantitative estimate of drug-likeness (QED) is 0.793. The Morgan fingerprint density at radius 3 is 2.78 bits per heavy atom. The van der Waals surface area contributed by atoms with Crippen LogP contribution in [-0.4, -0.2) is 63.3 Å². The van der Waals surface area contributed by atoms with Gasteiger partial charge in [-0.1, -0.05) is 19.8 Å². The van der Waals surface area contributed by atoms with Crippen LogP contribution >= 0.6 is 11.8 Å². The molecule has 23 heavy (non-hydrogen) atoms. The molecule has 1 aliphatic carbocycles. The number of hydrogen-bond acceptors (Lipinski definition) is 4. The Hall–Kier alpha value is -1.24. The van der Waals surface area contributed by atoms with Crippen molar-refractivity contribution < 1.29 is 14.4 Å². The lowest BCUT2D eigenvalue weighted by molar-refractivity contribution is -0.140. The molecule has 0 aromatic heterocycles. The van der Waals surface area contributed by atoms with E-state index in [1.54, 1.807) is 6.92 Å². The number of carbonyl (C=O) groups excluding carboxylic acids is 3. The van der Waals surface area contributed by atoms with Crippen molar-refractivity contribution in [2.45, 2.75) is 62.8 Å². The molecule has 1 saturated carbocycles. The predicted molar refractivity (Wildman–Crippen MR) is 89.2 cm³/mol.